The van der Waals surface area contributed by atoms with Crippen molar-refractivity contribution in [3.8, 4) is 0 Å². The first-order valence-electron chi connectivity index (χ1n) is 5.32. The van der Waals surface area contributed by atoms with Crippen LogP contribution in [0.2, 0.25) is 0 Å². The fourth-order valence-corrected chi connectivity index (χ4v) is 3.22. The lowest BCUT2D eigenvalue weighted by Crippen LogP contribution is -2.30. The van der Waals surface area contributed by atoms with Gasteiger partial charge in [-0.2, -0.15) is 0 Å². The van der Waals surface area contributed by atoms with E-state index in [1.807, 2.05) is 11.0 Å². The summed E-state index contributed by atoms with van der Waals surface area (Å²) in [6.07, 6.45) is 2.51. The van der Waals surface area contributed by atoms with Crippen LogP contribution in [0.4, 0.5) is 0 Å². The lowest BCUT2D eigenvalue weighted by Gasteiger charge is -2.18. The average Bonchev–Trinajstić information content (AvgIpc) is 2.89. The summed E-state index contributed by atoms with van der Waals surface area (Å²) in [6.45, 7) is 1.81. The van der Waals surface area contributed by atoms with E-state index in [4.69, 9.17) is 5.11 Å². The zero-order valence-corrected chi connectivity index (χ0v) is 11.3. The molecular weight excluding hydrogens is 290 g/mol. The largest absolute Gasteiger partial charge is 0.480 e. The van der Waals surface area contributed by atoms with E-state index in [-0.39, 0.29) is 6.54 Å². The number of aliphatic carboxylic acids is 1. The quantitative estimate of drug-likeness (QED) is 0.878. The smallest absolute Gasteiger partial charge is 0.317 e. The zero-order chi connectivity index (χ0) is 11.5. The van der Waals surface area contributed by atoms with E-state index in [2.05, 4.69) is 22.0 Å². The summed E-state index contributed by atoms with van der Waals surface area (Å²) in [6, 6.07) is 4.06. The van der Waals surface area contributed by atoms with Crippen molar-refractivity contribution < 1.29 is 9.90 Å². The van der Waals surface area contributed by atoms with Crippen LogP contribution in [0, 0.1) is 5.92 Å². The minimum atomic E-state index is -0.740. The molecule has 1 heterocycles. The van der Waals surface area contributed by atoms with Gasteiger partial charge >= 0.3 is 5.97 Å². The van der Waals surface area contributed by atoms with Crippen molar-refractivity contribution in [3.63, 3.8) is 0 Å². The van der Waals surface area contributed by atoms with Crippen LogP contribution in [-0.2, 0) is 11.3 Å². The number of halogens is 1. The van der Waals surface area contributed by atoms with Crippen LogP contribution >= 0.6 is 27.3 Å². The molecule has 1 aliphatic carbocycles. The van der Waals surface area contributed by atoms with Gasteiger partial charge in [0.2, 0.25) is 0 Å². The lowest BCUT2D eigenvalue weighted by atomic mass is 10.3. The van der Waals surface area contributed by atoms with Gasteiger partial charge in [0.05, 0.1) is 10.3 Å². The van der Waals surface area contributed by atoms with Crippen LogP contribution in [0.3, 0.4) is 0 Å². The summed E-state index contributed by atoms with van der Waals surface area (Å²) in [5.74, 6) is -0.0148. The monoisotopic (exact) mass is 303 g/mol. The first kappa shape index (κ1) is 12.1. The molecule has 88 valence electrons. The zero-order valence-electron chi connectivity index (χ0n) is 8.86. The summed E-state index contributed by atoms with van der Waals surface area (Å²) in [4.78, 5) is 14.0. The Hall–Kier alpha value is -0.390. The van der Waals surface area contributed by atoms with Crippen LogP contribution in [0.1, 0.15) is 17.7 Å². The van der Waals surface area contributed by atoms with Crippen LogP contribution < -0.4 is 0 Å². The number of carbonyl (C=O) groups is 1. The fourth-order valence-electron chi connectivity index (χ4n) is 1.70. The van der Waals surface area contributed by atoms with E-state index in [9.17, 15) is 4.79 Å². The van der Waals surface area contributed by atoms with Gasteiger partial charge in [-0.3, -0.25) is 9.69 Å². The van der Waals surface area contributed by atoms with Crippen molar-refractivity contribution in [3.05, 3.63) is 20.8 Å². The van der Waals surface area contributed by atoms with Crippen molar-refractivity contribution in [1.29, 1.82) is 0 Å². The molecule has 1 aromatic heterocycles. The third-order valence-electron chi connectivity index (χ3n) is 2.58. The molecule has 1 N–H and O–H groups in total. The Morgan fingerprint density at radius 1 is 1.56 bits per heavy atom. The van der Waals surface area contributed by atoms with Crippen molar-refractivity contribution in [2.75, 3.05) is 13.1 Å². The number of thiophene rings is 1. The van der Waals surface area contributed by atoms with E-state index in [0.717, 1.165) is 22.8 Å². The van der Waals surface area contributed by atoms with Gasteiger partial charge in [-0.15, -0.1) is 11.3 Å². The Balaban J connectivity index is 1.91. The molecule has 2 rings (SSSR count). The number of nitrogens with zero attached hydrogens (tertiary/aromatic N) is 1. The molecule has 1 aromatic rings. The van der Waals surface area contributed by atoms with Gasteiger partial charge in [0.25, 0.3) is 0 Å². The van der Waals surface area contributed by atoms with Gasteiger partial charge in [-0.25, -0.2) is 0 Å². The minimum absolute atomic E-state index is 0.145. The first-order chi connectivity index (χ1) is 7.63. The summed E-state index contributed by atoms with van der Waals surface area (Å²) in [5, 5.41) is 8.85. The Labute approximate surface area is 107 Å². The maximum absolute atomic E-state index is 10.8. The predicted octanol–water partition coefficient (Wildman–Crippen LogP) is 2.81. The fraction of sp³-hybridized carbons (Fsp3) is 0.545. The highest BCUT2D eigenvalue weighted by atomic mass is 79.9. The molecule has 1 fully saturated rings. The van der Waals surface area contributed by atoms with Crippen LogP contribution in [0.5, 0.6) is 0 Å². The maximum atomic E-state index is 10.8. The van der Waals surface area contributed by atoms with Crippen molar-refractivity contribution >= 4 is 33.2 Å². The lowest BCUT2D eigenvalue weighted by molar-refractivity contribution is -0.138. The molecule has 0 aromatic carbocycles. The van der Waals surface area contributed by atoms with Gasteiger partial charge < -0.3 is 5.11 Å². The highest BCUT2D eigenvalue weighted by molar-refractivity contribution is 9.11. The van der Waals surface area contributed by atoms with Gasteiger partial charge in [0.15, 0.2) is 0 Å². The molecule has 1 aliphatic rings. The maximum Gasteiger partial charge on any atom is 0.317 e. The summed E-state index contributed by atoms with van der Waals surface area (Å²) >= 11 is 5.09. The molecule has 0 amide bonds. The standard InChI is InChI=1S/C11H14BrNO2S/c12-10-4-3-9(16-10)6-13(7-11(14)15)5-8-1-2-8/h3-4,8H,1-2,5-7H2,(H,14,15). The molecule has 0 atom stereocenters. The minimum Gasteiger partial charge on any atom is -0.480 e. The Bertz CT molecular complexity index is 376. The second-order valence-corrected chi connectivity index (χ2v) is 6.76. The third kappa shape index (κ3) is 3.88. The Morgan fingerprint density at radius 3 is 2.81 bits per heavy atom. The highest BCUT2D eigenvalue weighted by Gasteiger charge is 2.25. The normalized spacial score (nSPS) is 15.6. The molecule has 0 saturated heterocycles. The summed E-state index contributed by atoms with van der Waals surface area (Å²) < 4.78 is 1.10. The van der Waals surface area contributed by atoms with Crippen LogP contribution in [-0.4, -0.2) is 29.1 Å². The molecule has 0 aliphatic heterocycles. The van der Waals surface area contributed by atoms with Crippen molar-refractivity contribution in [1.82, 2.24) is 4.90 Å². The third-order valence-corrected chi connectivity index (χ3v) is 4.19. The van der Waals surface area contributed by atoms with Crippen LogP contribution in [0.15, 0.2) is 15.9 Å². The molecule has 1 saturated carbocycles. The van der Waals surface area contributed by atoms with E-state index in [1.165, 1.54) is 17.7 Å². The topological polar surface area (TPSA) is 40.5 Å². The van der Waals surface area contributed by atoms with Crippen molar-refractivity contribution in [2.45, 2.75) is 19.4 Å². The number of hydrogen-bond donors (Lipinski definition) is 1. The Kier molecular flexibility index (Phi) is 4.00. The second-order valence-electron chi connectivity index (χ2n) is 4.21. The molecule has 0 radical (unpaired) electrons. The van der Waals surface area contributed by atoms with E-state index in [1.54, 1.807) is 11.3 Å². The highest BCUT2D eigenvalue weighted by Crippen LogP contribution is 2.31. The predicted molar refractivity (Wildman–Crippen MR) is 67.7 cm³/mol. The summed E-state index contributed by atoms with van der Waals surface area (Å²) in [7, 11) is 0. The summed E-state index contributed by atoms with van der Waals surface area (Å²) in [5.41, 5.74) is 0. The van der Waals surface area contributed by atoms with Crippen LogP contribution in [0.25, 0.3) is 0 Å². The SMILES string of the molecule is O=C(O)CN(Cc1ccc(Br)s1)CC1CC1. The molecular formula is C11H14BrNO2S. The van der Waals surface area contributed by atoms with Gasteiger partial charge in [-0.1, -0.05) is 0 Å². The number of carboxylic acids is 1. The Morgan fingerprint density at radius 2 is 2.31 bits per heavy atom. The van der Waals surface area contributed by atoms with E-state index in [0.29, 0.717) is 0 Å². The van der Waals surface area contributed by atoms with Gasteiger partial charge in [0.1, 0.15) is 0 Å². The van der Waals surface area contributed by atoms with E-state index >= 15 is 0 Å². The molecule has 16 heavy (non-hydrogen) atoms. The molecule has 5 heteroatoms. The molecule has 3 nitrogen and oxygen atoms in total. The molecule has 0 unspecified atom stereocenters. The number of rotatable bonds is 6. The van der Waals surface area contributed by atoms with E-state index < -0.39 is 5.97 Å². The first-order valence-corrected chi connectivity index (χ1v) is 6.93. The number of hydrogen-bond acceptors (Lipinski definition) is 3. The molecule has 0 spiro atoms. The van der Waals surface area contributed by atoms with Crippen molar-refractivity contribution in [2.24, 2.45) is 5.92 Å². The number of carboxylic acid groups (broad SMARTS) is 1. The van der Waals surface area contributed by atoms with Gasteiger partial charge in [-0.05, 0) is 46.8 Å². The molecule has 0 bridgehead atoms. The average molecular weight is 304 g/mol. The van der Waals surface area contributed by atoms with Gasteiger partial charge in [0, 0.05) is 18.0 Å². The second kappa shape index (κ2) is 5.29.